The van der Waals surface area contributed by atoms with E-state index in [9.17, 15) is 4.79 Å². The summed E-state index contributed by atoms with van der Waals surface area (Å²) < 4.78 is 12.1. The number of hydrogen-bond acceptors (Lipinski definition) is 6. The SMILES string of the molecule is O=C(OCCN1CC2CCC(C1)O2)c1cnn(-c2cccc(Br)c2)n1. The van der Waals surface area contributed by atoms with Gasteiger partial charge in [0, 0.05) is 24.1 Å². The fraction of sp³-hybridized carbons (Fsp3) is 0.471. The van der Waals surface area contributed by atoms with Crippen molar-refractivity contribution >= 4 is 21.9 Å². The largest absolute Gasteiger partial charge is 0.460 e. The zero-order valence-electron chi connectivity index (χ0n) is 13.7. The van der Waals surface area contributed by atoms with Crippen LogP contribution >= 0.6 is 15.9 Å². The lowest BCUT2D eigenvalue weighted by atomic mass is 10.2. The number of ether oxygens (including phenoxy) is 2. The lowest BCUT2D eigenvalue weighted by Gasteiger charge is -2.31. The highest BCUT2D eigenvalue weighted by Gasteiger charge is 2.33. The summed E-state index contributed by atoms with van der Waals surface area (Å²) in [6.45, 7) is 2.92. The average Bonchev–Trinajstić information content (AvgIpc) is 3.22. The van der Waals surface area contributed by atoms with E-state index in [2.05, 4.69) is 31.0 Å². The minimum absolute atomic E-state index is 0.210. The van der Waals surface area contributed by atoms with Gasteiger partial charge < -0.3 is 9.47 Å². The van der Waals surface area contributed by atoms with Crippen molar-refractivity contribution in [3.05, 3.63) is 40.6 Å². The summed E-state index contributed by atoms with van der Waals surface area (Å²) in [5.41, 5.74) is 0.985. The first-order valence-electron chi connectivity index (χ1n) is 8.40. The molecule has 132 valence electrons. The van der Waals surface area contributed by atoms with E-state index in [1.165, 1.54) is 11.0 Å². The van der Waals surface area contributed by atoms with Crippen molar-refractivity contribution in [3.8, 4) is 5.69 Å². The molecule has 2 aliphatic rings. The van der Waals surface area contributed by atoms with Crippen molar-refractivity contribution in [3.63, 3.8) is 0 Å². The maximum absolute atomic E-state index is 12.1. The molecule has 2 bridgehead atoms. The number of aromatic nitrogens is 3. The van der Waals surface area contributed by atoms with Crippen LogP contribution in [0.3, 0.4) is 0 Å². The van der Waals surface area contributed by atoms with E-state index in [0.717, 1.165) is 42.6 Å². The van der Waals surface area contributed by atoms with Crippen molar-refractivity contribution in [2.24, 2.45) is 0 Å². The quantitative estimate of drug-likeness (QED) is 0.707. The molecule has 1 aromatic carbocycles. The molecule has 8 heteroatoms. The van der Waals surface area contributed by atoms with Crippen molar-refractivity contribution in [1.82, 2.24) is 19.9 Å². The van der Waals surface area contributed by atoms with Crippen LogP contribution in [0.1, 0.15) is 23.3 Å². The minimum Gasteiger partial charge on any atom is -0.460 e. The van der Waals surface area contributed by atoms with E-state index in [4.69, 9.17) is 9.47 Å². The number of carbonyl (C=O) groups is 1. The van der Waals surface area contributed by atoms with Crippen LogP contribution in [0.5, 0.6) is 0 Å². The van der Waals surface area contributed by atoms with Gasteiger partial charge in [0.05, 0.1) is 24.1 Å². The normalized spacial score (nSPS) is 22.9. The first-order valence-corrected chi connectivity index (χ1v) is 9.20. The van der Waals surface area contributed by atoms with E-state index < -0.39 is 5.97 Å². The lowest BCUT2D eigenvalue weighted by molar-refractivity contribution is -0.0431. The Morgan fingerprint density at radius 3 is 2.88 bits per heavy atom. The number of benzene rings is 1. The molecule has 0 spiro atoms. The number of carbonyl (C=O) groups excluding carboxylic acids is 1. The van der Waals surface area contributed by atoms with Crippen LogP contribution in [0, 0.1) is 0 Å². The third kappa shape index (κ3) is 3.91. The van der Waals surface area contributed by atoms with Crippen LogP contribution in [0.25, 0.3) is 5.69 Å². The zero-order valence-corrected chi connectivity index (χ0v) is 15.3. The van der Waals surface area contributed by atoms with Crippen molar-refractivity contribution in [1.29, 1.82) is 0 Å². The Morgan fingerprint density at radius 2 is 2.12 bits per heavy atom. The van der Waals surface area contributed by atoms with Crippen molar-refractivity contribution < 1.29 is 14.3 Å². The van der Waals surface area contributed by atoms with Gasteiger partial charge in [0.15, 0.2) is 5.69 Å². The minimum atomic E-state index is -0.447. The fourth-order valence-corrected chi connectivity index (χ4v) is 3.69. The van der Waals surface area contributed by atoms with Crippen LogP contribution < -0.4 is 0 Å². The van der Waals surface area contributed by atoms with Crippen molar-refractivity contribution in [2.75, 3.05) is 26.2 Å². The number of rotatable bonds is 5. The van der Waals surface area contributed by atoms with E-state index in [-0.39, 0.29) is 5.69 Å². The smallest absolute Gasteiger partial charge is 0.360 e. The lowest BCUT2D eigenvalue weighted by Crippen LogP contribution is -2.44. The van der Waals surface area contributed by atoms with E-state index in [0.29, 0.717) is 18.8 Å². The Kier molecular flexibility index (Phi) is 4.82. The van der Waals surface area contributed by atoms with Gasteiger partial charge in [-0.25, -0.2) is 4.79 Å². The number of morpholine rings is 1. The number of halogens is 1. The summed E-state index contributed by atoms with van der Waals surface area (Å²) in [6, 6.07) is 7.55. The van der Waals surface area contributed by atoms with Crippen LogP contribution in [0.2, 0.25) is 0 Å². The molecular weight excluding hydrogens is 388 g/mol. The predicted octanol–water partition coefficient (Wildman–Crippen LogP) is 2.05. The molecule has 2 unspecified atom stereocenters. The van der Waals surface area contributed by atoms with Gasteiger partial charge in [-0.2, -0.15) is 9.90 Å². The fourth-order valence-electron chi connectivity index (χ4n) is 3.30. The van der Waals surface area contributed by atoms with Crippen LogP contribution in [-0.4, -0.2) is 64.3 Å². The van der Waals surface area contributed by atoms with Crippen LogP contribution in [0.15, 0.2) is 34.9 Å². The highest BCUT2D eigenvalue weighted by atomic mass is 79.9. The second-order valence-electron chi connectivity index (χ2n) is 6.35. The van der Waals surface area contributed by atoms with Gasteiger partial charge in [-0.1, -0.05) is 22.0 Å². The summed E-state index contributed by atoms with van der Waals surface area (Å²) in [7, 11) is 0. The maximum atomic E-state index is 12.1. The predicted molar refractivity (Wildman–Crippen MR) is 93.7 cm³/mol. The topological polar surface area (TPSA) is 69.5 Å². The molecule has 0 amide bonds. The average molecular weight is 407 g/mol. The third-order valence-electron chi connectivity index (χ3n) is 4.50. The van der Waals surface area contributed by atoms with Crippen molar-refractivity contribution in [2.45, 2.75) is 25.0 Å². The Labute approximate surface area is 154 Å². The summed E-state index contributed by atoms with van der Waals surface area (Å²) in [5, 5.41) is 8.33. The number of esters is 1. The third-order valence-corrected chi connectivity index (χ3v) is 4.99. The Morgan fingerprint density at radius 1 is 1.32 bits per heavy atom. The second-order valence-corrected chi connectivity index (χ2v) is 7.27. The van der Waals surface area contributed by atoms with E-state index in [1.807, 2.05) is 24.3 Å². The molecule has 2 saturated heterocycles. The van der Waals surface area contributed by atoms with Crippen LogP contribution in [-0.2, 0) is 9.47 Å². The monoisotopic (exact) mass is 406 g/mol. The number of fused-ring (bicyclic) bond motifs is 2. The highest BCUT2D eigenvalue weighted by molar-refractivity contribution is 9.10. The van der Waals surface area contributed by atoms with Gasteiger partial charge in [0.1, 0.15) is 6.61 Å². The molecule has 2 fully saturated rings. The molecule has 2 atom stereocenters. The molecule has 7 nitrogen and oxygen atoms in total. The van der Waals surface area contributed by atoms with Crippen LogP contribution in [0.4, 0.5) is 0 Å². The number of nitrogens with zero attached hydrogens (tertiary/aromatic N) is 4. The summed E-state index contributed by atoms with van der Waals surface area (Å²) in [4.78, 5) is 15.9. The molecule has 25 heavy (non-hydrogen) atoms. The number of likely N-dealkylation sites (tertiary alicyclic amines) is 1. The second kappa shape index (κ2) is 7.23. The first-order chi connectivity index (χ1) is 12.2. The summed E-state index contributed by atoms with van der Waals surface area (Å²) >= 11 is 3.41. The summed E-state index contributed by atoms with van der Waals surface area (Å²) in [6.07, 6.45) is 4.40. The maximum Gasteiger partial charge on any atom is 0.360 e. The molecule has 2 aliphatic heterocycles. The molecule has 4 rings (SSSR count). The zero-order chi connectivity index (χ0) is 17.2. The molecular formula is C17H19BrN4O3. The molecule has 0 saturated carbocycles. The van der Waals surface area contributed by atoms with E-state index in [1.54, 1.807) is 0 Å². The Balaban J connectivity index is 1.30. The van der Waals surface area contributed by atoms with Gasteiger partial charge in [-0.3, -0.25) is 4.90 Å². The Bertz CT molecular complexity index is 754. The molecule has 2 aromatic rings. The van der Waals surface area contributed by atoms with Gasteiger partial charge in [-0.05, 0) is 31.0 Å². The van der Waals surface area contributed by atoms with Gasteiger partial charge >= 0.3 is 5.97 Å². The van der Waals surface area contributed by atoms with E-state index >= 15 is 0 Å². The highest BCUT2D eigenvalue weighted by Crippen LogP contribution is 2.25. The molecule has 0 N–H and O–H groups in total. The Hall–Kier alpha value is -1.77. The standard InChI is InChI=1S/C17H19BrN4O3/c18-12-2-1-3-13(8-12)22-19-9-16(20-22)17(23)24-7-6-21-10-14-4-5-15(11-21)25-14/h1-3,8-9,14-15H,4-7,10-11H2. The van der Waals surface area contributed by atoms with Gasteiger partial charge in [0.25, 0.3) is 0 Å². The molecule has 0 aliphatic carbocycles. The van der Waals surface area contributed by atoms with Gasteiger partial charge in [-0.15, -0.1) is 5.10 Å². The first kappa shape index (κ1) is 16.7. The molecule has 3 heterocycles. The molecule has 1 aromatic heterocycles. The molecule has 0 radical (unpaired) electrons. The van der Waals surface area contributed by atoms with Gasteiger partial charge in [0.2, 0.25) is 0 Å². The number of hydrogen-bond donors (Lipinski definition) is 0. The summed E-state index contributed by atoms with van der Waals surface area (Å²) in [5.74, 6) is -0.447.